The number of fused-ring (bicyclic) bond motifs is 3. The van der Waals surface area contributed by atoms with Gasteiger partial charge in [-0.3, -0.25) is 0 Å². The lowest BCUT2D eigenvalue weighted by Gasteiger charge is -1.95. The Balaban J connectivity index is 2.65. The fraction of sp³-hybridized carbons (Fsp3) is 0. The van der Waals surface area contributed by atoms with Crippen LogP contribution >= 0.6 is 11.3 Å². The van der Waals surface area contributed by atoms with Gasteiger partial charge in [-0.2, -0.15) is 0 Å². The molecule has 2 aromatic carbocycles. The van der Waals surface area contributed by atoms with E-state index >= 15 is 0 Å². The minimum atomic E-state index is 1.37. The van der Waals surface area contributed by atoms with Gasteiger partial charge in [0, 0.05) is 9.40 Å². The predicted octanol–water partition coefficient (Wildman–Crippen LogP) is 2.31. The molecular weight excluding hydrogens is 187 g/mol. The SMILES string of the molecule is Bc1cccc2sc3ccccc3c12. The van der Waals surface area contributed by atoms with E-state index in [0.717, 1.165) is 0 Å². The van der Waals surface area contributed by atoms with Crippen molar-refractivity contribution in [3.05, 3.63) is 42.5 Å². The van der Waals surface area contributed by atoms with E-state index in [2.05, 4.69) is 50.3 Å². The van der Waals surface area contributed by atoms with Gasteiger partial charge >= 0.3 is 0 Å². The van der Waals surface area contributed by atoms with E-state index in [1.54, 1.807) is 0 Å². The van der Waals surface area contributed by atoms with Crippen LogP contribution in [-0.2, 0) is 0 Å². The van der Waals surface area contributed by atoms with Gasteiger partial charge in [-0.25, -0.2) is 0 Å². The van der Waals surface area contributed by atoms with Crippen LogP contribution < -0.4 is 5.46 Å². The van der Waals surface area contributed by atoms with Gasteiger partial charge in [0.15, 0.2) is 0 Å². The molecule has 0 nitrogen and oxygen atoms in total. The minimum Gasteiger partial charge on any atom is -0.135 e. The molecular formula is C12H9BS. The van der Waals surface area contributed by atoms with Gasteiger partial charge in [-0.05, 0) is 22.9 Å². The molecule has 0 aliphatic carbocycles. The summed E-state index contributed by atoms with van der Waals surface area (Å²) in [6.07, 6.45) is 0. The third-order valence-corrected chi connectivity index (χ3v) is 3.75. The van der Waals surface area contributed by atoms with Crippen LogP contribution in [0.3, 0.4) is 0 Å². The summed E-state index contributed by atoms with van der Waals surface area (Å²) in [4.78, 5) is 0. The summed E-state index contributed by atoms with van der Waals surface area (Å²) in [5.41, 5.74) is 1.37. The largest absolute Gasteiger partial charge is 0.140 e. The average Bonchev–Trinajstić information content (AvgIpc) is 2.57. The Morgan fingerprint density at radius 3 is 2.57 bits per heavy atom. The molecule has 0 aliphatic rings. The van der Waals surface area contributed by atoms with Crippen molar-refractivity contribution in [2.24, 2.45) is 0 Å². The number of thiophene rings is 1. The Morgan fingerprint density at radius 1 is 0.857 bits per heavy atom. The van der Waals surface area contributed by atoms with Crippen LogP contribution in [-0.4, -0.2) is 7.85 Å². The van der Waals surface area contributed by atoms with Crippen LogP contribution in [0, 0.1) is 0 Å². The van der Waals surface area contributed by atoms with Gasteiger partial charge < -0.3 is 0 Å². The standard InChI is InChI=1S/C12H9BS/c13-9-5-3-7-11-12(9)8-4-1-2-6-10(8)14-11/h1-7H,13H2. The summed E-state index contributed by atoms with van der Waals surface area (Å²) in [5, 5.41) is 2.82. The first kappa shape index (κ1) is 8.07. The Morgan fingerprint density at radius 2 is 1.64 bits per heavy atom. The fourth-order valence-electron chi connectivity index (χ4n) is 1.95. The Hall–Kier alpha value is -1.28. The molecule has 0 atom stereocenters. The molecule has 3 rings (SSSR count). The lowest BCUT2D eigenvalue weighted by Crippen LogP contribution is -2.00. The fourth-order valence-corrected chi connectivity index (χ4v) is 3.13. The first-order valence-electron chi connectivity index (χ1n) is 4.73. The van der Waals surface area contributed by atoms with Crippen molar-refractivity contribution in [2.75, 3.05) is 0 Å². The van der Waals surface area contributed by atoms with E-state index in [4.69, 9.17) is 0 Å². The topological polar surface area (TPSA) is 0 Å². The second kappa shape index (κ2) is 2.86. The van der Waals surface area contributed by atoms with Crippen molar-refractivity contribution < 1.29 is 0 Å². The summed E-state index contributed by atoms with van der Waals surface area (Å²) in [6.45, 7) is 0. The lowest BCUT2D eigenvalue weighted by atomic mass is 9.91. The number of rotatable bonds is 0. The zero-order chi connectivity index (χ0) is 9.54. The first-order valence-corrected chi connectivity index (χ1v) is 5.55. The Kier molecular flexibility index (Phi) is 1.65. The number of hydrogen-bond donors (Lipinski definition) is 0. The maximum Gasteiger partial charge on any atom is 0.140 e. The van der Waals surface area contributed by atoms with E-state index in [1.807, 2.05) is 11.3 Å². The molecule has 0 saturated heterocycles. The normalized spacial score (nSPS) is 11.1. The summed E-state index contributed by atoms with van der Waals surface area (Å²) in [6, 6.07) is 15.1. The van der Waals surface area contributed by atoms with Gasteiger partial charge in [0.25, 0.3) is 0 Å². The summed E-state index contributed by atoms with van der Waals surface area (Å²) in [7, 11) is 2.18. The molecule has 1 aromatic heterocycles. The number of benzene rings is 2. The molecule has 2 heteroatoms. The summed E-state index contributed by atoms with van der Waals surface area (Å²) < 4.78 is 2.78. The van der Waals surface area contributed by atoms with Crippen molar-refractivity contribution in [2.45, 2.75) is 0 Å². The molecule has 0 bridgehead atoms. The highest BCUT2D eigenvalue weighted by Gasteiger charge is 2.04. The monoisotopic (exact) mass is 196 g/mol. The van der Waals surface area contributed by atoms with E-state index in [0.29, 0.717) is 0 Å². The predicted molar refractivity (Wildman–Crippen MR) is 67.5 cm³/mol. The van der Waals surface area contributed by atoms with E-state index in [9.17, 15) is 0 Å². The molecule has 0 N–H and O–H groups in total. The first-order chi connectivity index (χ1) is 6.86. The quantitative estimate of drug-likeness (QED) is 0.484. The molecule has 14 heavy (non-hydrogen) atoms. The molecule has 3 aromatic rings. The van der Waals surface area contributed by atoms with Crippen molar-refractivity contribution in [1.29, 1.82) is 0 Å². The van der Waals surface area contributed by atoms with Gasteiger partial charge in [-0.15, -0.1) is 11.3 Å². The van der Waals surface area contributed by atoms with Gasteiger partial charge in [-0.1, -0.05) is 35.8 Å². The average molecular weight is 196 g/mol. The zero-order valence-corrected chi connectivity index (χ0v) is 8.77. The van der Waals surface area contributed by atoms with Crippen molar-refractivity contribution in [1.82, 2.24) is 0 Å². The van der Waals surface area contributed by atoms with Crippen LogP contribution in [0.2, 0.25) is 0 Å². The molecule has 0 saturated carbocycles. The molecule has 1 heterocycles. The Labute approximate surface area is 87.6 Å². The third-order valence-electron chi connectivity index (χ3n) is 2.61. The molecule has 0 radical (unpaired) electrons. The second-order valence-corrected chi connectivity index (χ2v) is 4.63. The van der Waals surface area contributed by atoms with Gasteiger partial charge in [0.1, 0.15) is 7.85 Å². The Bertz CT molecular complexity index is 610. The molecule has 0 aliphatic heterocycles. The van der Waals surface area contributed by atoms with Crippen molar-refractivity contribution in [3.8, 4) is 0 Å². The lowest BCUT2D eigenvalue weighted by molar-refractivity contribution is 1.86. The maximum atomic E-state index is 2.21. The van der Waals surface area contributed by atoms with E-state index in [-0.39, 0.29) is 0 Å². The maximum absolute atomic E-state index is 2.21. The highest BCUT2D eigenvalue weighted by molar-refractivity contribution is 7.26. The second-order valence-electron chi connectivity index (χ2n) is 3.55. The molecule has 66 valence electrons. The number of hydrogen-bond acceptors (Lipinski definition) is 1. The van der Waals surface area contributed by atoms with Crippen LogP contribution in [0.15, 0.2) is 42.5 Å². The van der Waals surface area contributed by atoms with Crippen molar-refractivity contribution >= 4 is 44.8 Å². The van der Waals surface area contributed by atoms with Crippen molar-refractivity contribution in [3.63, 3.8) is 0 Å². The van der Waals surface area contributed by atoms with Crippen LogP contribution in [0.5, 0.6) is 0 Å². The highest BCUT2D eigenvalue weighted by atomic mass is 32.1. The smallest absolute Gasteiger partial charge is 0.135 e. The molecule has 0 unspecified atom stereocenters. The zero-order valence-electron chi connectivity index (χ0n) is 7.95. The van der Waals surface area contributed by atoms with Gasteiger partial charge in [0.05, 0.1) is 0 Å². The van der Waals surface area contributed by atoms with Crippen LogP contribution in [0.1, 0.15) is 0 Å². The summed E-state index contributed by atoms with van der Waals surface area (Å²) >= 11 is 1.88. The summed E-state index contributed by atoms with van der Waals surface area (Å²) in [5.74, 6) is 0. The molecule has 0 spiro atoms. The highest BCUT2D eigenvalue weighted by Crippen LogP contribution is 2.31. The minimum absolute atomic E-state index is 1.37. The van der Waals surface area contributed by atoms with Gasteiger partial charge in [0.2, 0.25) is 0 Å². The van der Waals surface area contributed by atoms with Crippen LogP contribution in [0.25, 0.3) is 20.2 Å². The third kappa shape index (κ3) is 1.01. The van der Waals surface area contributed by atoms with Crippen LogP contribution in [0.4, 0.5) is 0 Å². The molecule has 0 fully saturated rings. The van der Waals surface area contributed by atoms with E-state index < -0.39 is 0 Å². The van der Waals surface area contributed by atoms with E-state index in [1.165, 1.54) is 25.6 Å². The molecule has 0 amide bonds.